The van der Waals surface area contributed by atoms with Gasteiger partial charge in [-0.1, -0.05) is 91.5 Å². The van der Waals surface area contributed by atoms with Crippen LogP contribution in [0.2, 0.25) is 0 Å². The first kappa shape index (κ1) is 50.1. The van der Waals surface area contributed by atoms with E-state index in [1.54, 1.807) is 53.0 Å². The highest BCUT2D eigenvalue weighted by molar-refractivity contribution is 5.87. The number of benzene rings is 5. The molecular formula is C55H64N2O12. The van der Waals surface area contributed by atoms with Crippen LogP contribution in [0.25, 0.3) is 0 Å². The first-order valence-corrected chi connectivity index (χ1v) is 23.0. The lowest BCUT2D eigenvalue weighted by atomic mass is 9.86. The van der Waals surface area contributed by atoms with E-state index in [2.05, 4.69) is 6.58 Å². The van der Waals surface area contributed by atoms with E-state index >= 15 is 4.79 Å². The Kier molecular flexibility index (Phi) is 16.4. The highest BCUT2D eigenvalue weighted by Crippen LogP contribution is 2.54. The Balaban J connectivity index is 1.34. The molecule has 5 aromatic carbocycles. The van der Waals surface area contributed by atoms with Gasteiger partial charge >= 0.3 is 6.09 Å². The molecule has 69 heavy (non-hydrogen) atoms. The Labute approximate surface area is 405 Å². The van der Waals surface area contributed by atoms with E-state index in [4.69, 9.17) is 42.6 Å². The topological polar surface area (TPSA) is 144 Å². The summed E-state index contributed by atoms with van der Waals surface area (Å²) in [5.74, 6) is 2.45. The van der Waals surface area contributed by atoms with Crippen molar-refractivity contribution >= 4 is 12.0 Å². The number of carbonyl (C=O) groups excluding carboxylic acids is 2. The quantitative estimate of drug-likeness (QED) is 0.0743. The van der Waals surface area contributed by atoms with Crippen LogP contribution < -0.4 is 28.4 Å². The average molecular weight is 945 g/mol. The van der Waals surface area contributed by atoms with Gasteiger partial charge in [0.25, 0.3) is 0 Å². The van der Waals surface area contributed by atoms with E-state index in [-0.39, 0.29) is 59.4 Å². The fourth-order valence-corrected chi connectivity index (χ4v) is 8.73. The molecule has 0 spiro atoms. The molecule has 5 aromatic rings. The van der Waals surface area contributed by atoms with Crippen LogP contribution >= 0.6 is 0 Å². The summed E-state index contributed by atoms with van der Waals surface area (Å²) in [5.41, 5.74) is 5.55. The Morgan fingerprint density at radius 3 is 2.09 bits per heavy atom. The van der Waals surface area contributed by atoms with Crippen LogP contribution in [-0.4, -0.2) is 86.4 Å². The zero-order valence-corrected chi connectivity index (χ0v) is 40.9. The van der Waals surface area contributed by atoms with Crippen LogP contribution in [0.5, 0.6) is 34.5 Å². The number of rotatable bonds is 20. The van der Waals surface area contributed by atoms with Crippen molar-refractivity contribution in [3.8, 4) is 34.5 Å². The second kappa shape index (κ2) is 22.6. The number of hydrogen-bond acceptors (Lipinski definition) is 12. The zero-order chi connectivity index (χ0) is 49.2. The third-order valence-electron chi connectivity index (χ3n) is 12.1. The Bertz CT molecular complexity index is 2560. The minimum Gasteiger partial charge on any atom is -0.497 e. The highest BCUT2D eigenvalue weighted by atomic mass is 16.7. The molecule has 0 aromatic heterocycles. The molecule has 0 aliphatic carbocycles. The lowest BCUT2D eigenvalue weighted by Crippen LogP contribution is -2.55. The van der Waals surface area contributed by atoms with Gasteiger partial charge in [-0.3, -0.25) is 9.69 Å². The molecule has 14 nitrogen and oxygen atoms in total. The molecule has 2 heterocycles. The monoisotopic (exact) mass is 944 g/mol. The molecule has 0 bridgehead atoms. The molecule has 0 fully saturated rings. The van der Waals surface area contributed by atoms with E-state index in [9.17, 15) is 9.90 Å². The van der Waals surface area contributed by atoms with E-state index < -0.39 is 35.8 Å². The van der Waals surface area contributed by atoms with E-state index in [1.165, 1.54) is 4.90 Å². The van der Waals surface area contributed by atoms with Crippen molar-refractivity contribution in [1.82, 2.24) is 9.80 Å². The number of β-amino-alcohol motifs (C(OH)–C–C–N with tert-alkyl or cyclic N) is 1. The van der Waals surface area contributed by atoms with E-state index in [0.717, 1.165) is 28.0 Å². The number of methoxy groups -OCH3 is 2. The van der Waals surface area contributed by atoms with Gasteiger partial charge in [0.1, 0.15) is 42.5 Å². The van der Waals surface area contributed by atoms with Crippen molar-refractivity contribution in [2.75, 3.05) is 47.8 Å². The molecule has 3 atom stereocenters. The molecule has 14 heteroatoms. The van der Waals surface area contributed by atoms with Crippen LogP contribution in [0.3, 0.4) is 0 Å². The first-order valence-electron chi connectivity index (χ1n) is 23.0. The molecule has 7 rings (SSSR count). The summed E-state index contributed by atoms with van der Waals surface area (Å²) in [7, 11) is 4.75. The smallest absolute Gasteiger partial charge is 0.410 e. The minimum absolute atomic E-state index is 0.00739. The minimum atomic E-state index is -1.24. The molecule has 0 radical (unpaired) electrons. The van der Waals surface area contributed by atoms with Gasteiger partial charge in [0.2, 0.25) is 12.7 Å². The maximum absolute atomic E-state index is 15.9. The number of amides is 2. The van der Waals surface area contributed by atoms with Crippen LogP contribution in [0, 0.1) is 13.8 Å². The molecule has 2 aliphatic rings. The van der Waals surface area contributed by atoms with Crippen molar-refractivity contribution in [3.05, 3.63) is 154 Å². The maximum Gasteiger partial charge on any atom is 0.410 e. The number of aliphatic hydroxyl groups excluding tert-OH is 1. The van der Waals surface area contributed by atoms with E-state index in [1.807, 2.05) is 105 Å². The molecule has 0 saturated carbocycles. The third kappa shape index (κ3) is 11.8. The Hall–Kier alpha value is -6.74. The predicted octanol–water partition coefficient (Wildman–Crippen LogP) is 9.52. The van der Waals surface area contributed by atoms with Crippen molar-refractivity contribution in [3.63, 3.8) is 0 Å². The molecule has 2 aliphatic heterocycles. The SMILES string of the molecule is C=CCOc1c(C)c2c(c3c1C(O)CN(C(=O)[C@H](Cc1cc(C)c(OC)c(OCc4ccccc4)c1COCc1ccc(OC)cc1)N(C)C(=O)OC(C)(C)C)[C@H]3COCc1ccccc1)OCO2. The summed E-state index contributed by atoms with van der Waals surface area (Å²) in [6.07, 6.45) is -0.347. The number of aryl methyl sites for hydroxylation is 1. The van der Waals surface area contributed by atoms with Gasteiger partial charge in [0.05, 0.1) is 53.2 Å². The second-order valence-corrected chi connectivity index (χ2v) is 18.1. The normalized spacial score (nSPS) is 15.5. The number of carbonyl (C=O) groups is 2. The number of nitrogens with zero attached hydrogens (tertiary/aromatic N) is 2. The van der Waals surface area contributed by atoms with Crippen molar-refractivity contribution < 1.29 is 57.3 Å². The fourth-order valence-electron chi connectivity index (χ4n) is 8.73. The first-order chi connectivity index (χ1) is 33.2. The van der Waals surface area contributed by atoms with Crippen LogP contribution in [-0.2, 0) is 51.9 Å². The molecule has 0 saturated heterocycles. The van der Waals surface area contributed by atoms with Gasteiger partial charge in [-0.05, 0) is 74.6 Å². The van der Waals surface area contributed by atoms with Crippen LogP contribution in [0.15, 0.2) is 104 Å². The number of fused-ring (bicyclic) bond motifs is 3. The zero-order valence-electron chi connectivity index (χ0n) is 40.9. The standard InChI is InChI=1S/C55H64N2O12/c1-10-25-65-49-36(3)50-52(68-34-67-50)46-44(33-64-29-37-17-13-11-14-18-37)57(28-45(58)47(46)49)53(59)43(56(7)54(60)69-55(4,5)6)27-40-26-35(2)48(62-9)51(66-31-38-19-15-12-16-20-38)42(40)32-63-30-39-21-23-41(61-8)24-22-39/h10-24,26,43-45,58H,1,25,27-34H2,2-9H3/t43-,44-,45?/m0/s1. The Morgan fingerprint density at radius 2 is 1.45 bits per heavy atom. The predicted molar refractivity (Wildman–Crippen MR) is 260 cm³/mol. The number of ether oxygens (including phenoxy) is 9. The van der Waals surface area contributed by atoms with Gasteiger partial charge in [-0.15, -0.1) is 0 Å². The summed E-state index contributed by atoms with van der Waals surface area (Å²) >= 11 is 0. The summed E-state index contributed by atoms with van der Waals surface area (Å²) in [6.45, 7) is 13.6. The summed E-state index contributed by atoms with van der Waals surface area (Å²) in [4.78, 5) is 33.0. The highest BCUT2D eigenvalue weighted by Gasteiger charge is 2.46. The summed E-state index contributed by atoms with van der Waals surface area (Å²) in [6, 6.07) is 27.0. The summed E-state index contributed by atoms with van der Waals surface area (Å²) < 4.78 is 55.3. The fraction of sp³-hybridized carbons (Fsp3) is 0.382. The lowest BCUT2D eigenvalue weighted by molar-refractivity contribution is -0.144. The molecule has 366 valence electrons. The lowest BCUT2D eigenvalue weighted by Gasteiger charge is -2.43. The second-order valence-electron chi connectivity index (χ2n) is 18.1. The van der Waals surface area contributed by atoms with Gasteiger partial charge < -0.3 is 52.6 Å². The van der Waals surface area contributed by atoms with Crippen LogP contribution in [0.4, 0.5) is 4.79 Å². The number of likely N-dealkylation sites (N-methyl/N-ethyl adjacent to an activating group) is 1. The maximum atomic E-state index is 15.9. The molecule has 1 unspecified atom stereocenters. The molecular weight excluding hydrogens is 881 g/mol. The van der Waals surface area contributed by atoms with Crippen LogP contribution in [0.1, 0.15) is 83.0 Å². The van der Waals surface area contributed by atoms with E-state index in [0.29, 0.717) is 56.6 Å². The average Bonchev–Trinajstić information content (AvgIpc) is 3.84. The van der Waals surface area contributed by atoms with Crippen molar-refractivity contribution in [2.45, 2.75) is 91.3 Å². The van der Waals surface area contributed by atoms with Gasteiger partial charge in [-0.2, -0.15) is 0 Å². The third-order valence-corrected chi connectivity index (χ3v) is 12.1. The largest absolute Gasteiger partial charge is 0.497 e. The molecule has 2 amide bonds. The van der Waals surface area contributed by atoms with Gasteiger partial charge in [0.15, 0.2) is 23.0 Å². The summed E-state index contributed by atoms with van der Waals surface area (Å²) in [5, 5.41) is 12.3. The number of aliphatic hydroxyl groups is 1. The van der Waals surface area contributed by atoms with Crippen molar-refractivity contribution in [1.29, 1.82) is 0 Å². The number of hydrogen-bond donors (Lipinski definition) is 1. The molecule has 1 N–H and O–H groups in total. The van der Waals surface area contributed by atoms with Gasteiger partial charge in [0, 0.05) is 35.7 Å². The van der Waals surface area contributed by atoms with Crippen molar-refractivity contribution in [2.24, 2.45) is 0 Å². The Morgan fingerprint density at radius 1 is 0.812 bits per heavy atom. The van der Waals surface area contributed by atoms with Gasteiger partial charge in [-0.25, -0.2) is 4.79 Å².